The van der Waals surface area contributed by atoms with E-state index in [1.54, 1.807) is 0 Å². The van der Waals surface area contributed by atoms with E-state index in [0.717, 1.165) is 38.0 Å². The molecule has 1 fully saturated rings. The molecule has 114 valence electrons. The van der Waals surface area contributed by atoms with E-state index >= 15 is 0 Å². The highest BCUT2D eigenvalue weighted by Gasteiger charge is 2.39. The predicted molar refractivity (Wildman–Crippen MR) is 82.3 cm³/mol. The molecule has 0 bridgehead atoms. The van der Waals surface area contributed by atoms with Crippen molar-refractivity contribution in [2.45, 2.75) is 31.3 Å². The number of carbonyl (C=O) groups is 1. The molecule has 0 spiro atoms. The van der Waals surface area contributed by atoms with Gasteiger partial charge in [-0.3, -0.25) is 0 Å². The van der Waals surface area contributed by atoms with Gasteiger partial charge in [-0.15, -0.1) is 0 Å². The number of nitrogens with two attached hydrogens (primary N) is 1. The summed E-state index contributed by atoms with van der Waals surface area (Å²) in [7, 11) is 1.42. The Morgan fingerprint density at radius 3 is 3.10 bits per heavy atom. The summed E-state index contributed by atoms with van der Waals surface area (Å²) in [6.07, 6.45) is 3.29. The molecule has 1 saturated heterocycles. The SMILES string of the molecule is COC(=O)c1ccc2c(c1)[C@@H]1NCC[C@@H]1[C@H](CCCN)N2. The maximum absolute atomic E-state index is 11.7. The third-order valence-corrected chi connectivity index (χ3v) is 4.65. The van der Waals surface area contributed by atoms with Gasteiger partial charge in [0, 0.05) is 17.8 Å². The van der Waals surface area contributed by atoms with E-state index in [-0.39, 0.29) is 5.97 Å². The van der Waals surface area contributed by atoms with Crippen LogP contribution in [0, 0.1) is 5.92 Å². The molecule has 5 nitrogen and oxygen atoms in total. The van der Waals surface area contributed by atoms with Crippen LogP contribution in [0.25, 0.3) is 0 Å². The number of hydrogen-bond donors (Lipinski definition) is 3. The predicted octanol–water partition coefficient (Wildman–Crippen LogP) is 1.66. The topological polar surface area (TPSA) is 76.4 Å². The molecular weight excluding hydrogens is 266 g/mol. The standard InChI is InChI=1S/C16H23N3O2/c1-21-16(20)10-4-5-14-12(9-10)15-11(6-8-18-15)13(19-14)3-2-7-17/h4-5,9,11,13,15,18-19H,2-3,6-8,17H2,1H3/t11-,13+,15-/m1/s1. The zero-order chi connectivity index (χ0) is 14.8. The number of benzene rings is 1. The summed E-state index contributed by atoms with van der Waals surface area (Å²) in [6, 6.07) is 6.57. The van der Waals surface area contributed by atoms with Crippen molar-refractivity contribution in [2.75, 3.05) is 25.5 Å². The lowest BCUT2D eigenvalue weighted by molar-refractivity contribution is 0.0600. The summed E-state index contributed by atoms with van der Waals surface area (Å²) in [6.45, 7) is 1.76. The molecule has 5 heteroatoms. The third-order valence-electron chi connectivity index (χ3n) is 4.65. The Morgan fingerprint density at radius 1 is 1.48 bits per heavy atom. The lowest BCUT2D eigenvalue weighted by atomic mass is 9.81. The molecule has 2 aliphatic rings. The van der Waals surface area contributed by atoms with Crippen LogP contribution in [0.4, 0.5) is 5.69 Å². The fourth-order valence-corrected chi connectivity index (χ4v) is 3.62. The molecule has 0 radical (unpaired) electrons. The average molecular weight is 289 g/mol. The molecule has 21 heavy (non-hydrogen) atoms. The highest BCUT2D eigenvalue weighted by Crippen LogP contribution is 2.42. The molecule has 0 amide bonds. The summed E-state index contributed by atoms with van der Waals surface area (Å²) < 4.78 is 4.82. The number of anilines is 1. The molecule has 2 aliphatic heterocycles. The Bertz CT molecular complexity index is 532. The number of carbonyl (C=O) groups excluding carboxylic acids is 1. The molecule has 2 heterocycles. The van der Waals surface area contributed by atoms with E-state index in [4.69, 9.17) is 10.5 Å². The average Bonchev–Trinajstić information content (AvgIpc) is 3.01. The van der Waals surface area contributed by atoms with Crippen molar-refractivity contribution < 1.29 is 9.53 Å². The van der Waals surface area contributed by atoms with Gasteiger partial charge >= 0.3 is 5.97 Å². The van der Waals surface area contributed by atoms with Crippen LogP contribution in [0.2, 0.25) is 0 Å². The molecule has 3 rings (SSSR count). The first-order valence-corrected chi connectivity index (χ1v) is 7.67. The lowest BCUT2D eigenvalue weighted by Gasteiger charge is -2.37. The normalized spacial score (nSPS) is 26.7. The van der Waals surface area contributed by atoms with Crippen LogP contribution in [0.15, 0.2) is 18.2 Å². The number of esters is 1. The molecule has 1 aromatic rings. The van der Waals surface area contributed by atoms with Crippen molar-refractivity contribution in [1.82, 2.24) is 5.32 Å². The Labute approximate surface area is 125 Å². The van der Waals surface area contributed by atoms with Crippen molar-refractivity contribution >= 4 is 11.7 Å². The molecule has 3 atom stereocenters. The fourth-order valence-electron chi connectivity index (χ4n) is 3.62. The van der Waals surface area contributed by atoms with Gasteiger partial charge in [-0.05, 0) is 62.0 Å². The molecule has 0 unspecified atom stereocenters. The van der Waals surface area contributed by atoms with E-state index in [9.17, 15) is 4.79 Å². The summed E-state index contributed by atoms with van der Waals surface area (Å²) >= 11 is 0. The van der Waals surface area contributed by atoms with Crippen LogP contribution < -0.4 is 16.4 Å². The minimum Gasteiger partial charge on any atom is -0.465 e. The van der Waals surface area contributed by atoms with Crippen molar-refractivity contribution in [1.29, 1.82) is 0 Å². The Kier molecular flexibility index (Phi) is 4.12. The maximum atomic E-state index is 11.7. The number of rotatable bonds is 4. The number of nitrogens with one attached hydrogen (secondary N) is 2. The van der Waals surface area contributed by atoms with Gasteiger partial charge in [0.2, 0.25) is 0 Å². The minimum atomic E-state index is -0.280. The van der Waals surface area contributed by atoms with E-state index < -0.39 is 0 Å². The van der Waals surface area contributed by atoms with Crippen LogP contribution in [0.1, 0.15) is 41.2 Å². The molecule has 0 aliphatic carbocycles. The number of fused-ring (bicyclic) bond motifs is 3. The first-order valence-electron chi connectivity index (χ1n) is 7.67. The van der Waals surface area contributed by atoms with E-state index in [1.807, 2.05) is 18.2 Å². The molecule has 4 N–H and O–H groups in total. The van der Waals surface area contributed by atoms with Crippen molar-refractivity contribution in [3.05, 3.63) is 29.3 Å². The van der Waals surface area contributed by atoms with E-state index in [0.29, 0.717) is 23.6 Å². The molecule has 0 saturated carbocycles. The summed E-state index contributed by atoms with van der Waals surface area (Å²) in [5.74, 6) is 0.287. The second kappa shape index (κ2) is 6.03. The zero-order valence-corrected chi connectivity index (χ0v) is 12.4. The second-order valence-corrected chi connectivity index (χ2v) is 5.86. The Hall–Kier alpha value is -1.59. The van der Waals surface area contributed by atoms with Gasteiger partial charge in [0.1, 0.15) is 0 Å². The van der Waals surface area contributed by atoms with Gasteiger partial charge in [0.15, 0.2) is 0 Å². The molecular formula is C16H23N3O2. The highest BCUT2D eigenvalue weighted by atomic mass is 16.5. The quantitative estimate of drug-likeness (QED) is 0.735. The smallest absolute Gasteiger partial charge is 0.337 e. The molecule has 1 aromatic carbocycles. The van der Waals surface area contributed by atoms with Crippen LogP contribution in [-0.4, -0.2) is 32.2 Å². The maximum Gasteiger partial charge on any atom is 0.337 e. The largest absolute Gasteiger partial charge is 0.465 e. The van der Waals surface area contributed by atoms with Gasteiger partial charge in [-0.2, -0.15) is 0 Å². The highest BCUT2D eigenvalue weighted by molar-refractivity contribution is 5.90. The monoisotopic (exact) mass is 289 g/mol. The number of methoxy groups -OCH3 is 1. The second-order valence-electron chi connectivity index (χ2n) is 5.86. The molecule has 0 aromatic heterocycles. The Morgan fingerprint density at radius 2 is 2.33 bits per heavy atom. The first-order chi connectivity index (χ1) is 10.2. The third kappa shape index (κ3) is 2.63. The van der Waals surface area contributed by atoms with Gasteiger partial charge in [-0.1, -0.05) is 0 Å². The lowest BCUT2D eigenvalue weighted by Crippen LogP contribution is -2.38. The summed E-state index contributed by atoms with van der Waals surface area (Å²) in [5, 5.41) is 7.22. The number of hydrogen-bond acceptors (Lipinski definition) is 5. The summed E-state index contributed by atoms with van der Waals surface area (Å²) in [4.78, 5) is 11.7. The van der Waals surface area contributed by atoms with Gasteiger partial charge < -0.3 is 21.1 Å². The van der Waals surface area contributed by atoms with Crippen LogP contribution in [0.3, 0.4) is 0 Å². The fraction of sp³-hybridized carbons (Fsp3) is 0.562. The van der Waals surface area contributed by atoms with Crippen LogP contribution >= 0.6 is 0 Å². The van der Waals surface area contributed by atoms with E-state index in [2.05, 4.69) is 10.6 Å². The Balaban J connectivity index is 1.90. The van der Waals surface area contributed by atoms with Gasteiger partial charge in [0.05, 0.1) is 12.7 Å². The van der Waals surface area contributed by atoms with Crippen molar-refractivity contribution in [3.63, 3.8) is 0 Å². The van der Waals surface area contributed by atoms with Crippen molar-refractivity contribution in [3.8, 4) is 0 Å². The van der Waals surface area contributed by atoms with Crippen LogP contribution in [0.5, 0.6) is 0 Å². The van der Waals surface area contributed by atoms with E-state index in [1.165, 1.54) is 12.7 Å². The number of ether oxygens (including phenoxy) is 1. The van der Waals surface area contributed by atoms with Crippen LogP contribution in [-0.2, 0) is 4.74 Å². The first kappa shape index (κ1) is 14.4. The van der Waals surface area contributed by atoms with Gasteiger partial charge in [-0.25, -0.2) is 4.79 Å². The minimum absolute atomic E-state index is 0.280. The van der Waals surface area contributed by atoms with Gasteiger partial charge in [0.25, 0.3) is 0 Å². The zero-order valence-electron chi connectivity index (χ0n) is 12.4. The summed E-state index contributed by atoms with van der Waals surface area (Å²) in [5.41, 5.74) is 8.58. The van der Waals surface area contributed by atoms with Crippen molar-refractivity contribution in [2.24, 2.45) is 11.7 Å².